The second-order valence-electron chi connectivity index (χ2n) is 5.67. The van der Waals surface area contributed by atoms with Gasteiger partial charge in [-0.05, 0) is 36.0 Å². The van der Waals surface area contributed by atoms with Crippen molar-refractivity contribution in [3.8, 4) is 0 Å². The van der Waals surface area contributed by atoms with E-state index in [4.69, 9.17) is 0 Å². The minimum absolute atomic E-state index is 0.165. The molecule has 0 amide bonds. The van der Waals surface area contributed by atoms with Crippen molar-refractivity contribution in [2.75, 3.05) is 0 Å². The van der Waals surface area contributed by atoms with E-state index < -0.39 is 0 Å². The summed E-state index contributed by atoms with van der Waals surface area (Å²) in [4.78, 5) is 11.1. The maximum Gasteiger partial charge on any atom is 0.123 e. The van der Waals surface area contributed by atoms with E-state index in [2.05, 4.69) is 32.9 Å². The Labute approximate surface area is 86.6 Å². The minimum atomic E-state index is 0.165. The average Bonchev–Trinajstić information content (AvgIpc) is 2.18. The molecular formula is C13H20O. The molecule has 14 heavy (non-hydrogen) atoms. The number of rotatable bonds is 2. The zero-order valence-electron chi connectivity index (χ0n) is 9.42. The molecule has 0 saturated heterocycles. The van der Waals surface area contributed by atoms with Gasteiger partial charge in [-0.25, -0.2) is 0 Å². The van der Waals surface area contributed by atoms with Crippen LogP contribution in [0.3, 0.4) is 0 Å². The zero-order chi connectivity index (χ0) is 10.4. The minimum Gasteiger partial charge on any atom is -0.303 e. The van der Waals surface area contributed by atoms with Crippen molar-refractivity contribution in [2.45, 2.75) is 40.0 Å². The molecule has 3 aliphatic carbocycles. The van der Waals surface area contributed by atoms with E-state index in [0.717, 1.165) is 6.42 Å². The Morgan fingerprint density at radius 3 is 2.50 bits per heavy atom. The molecule has 3 atom stereocenters. The molecule has 0 unspecified atom stereocenters. The highest BCUT2D eigenvalue weighted by Crippen LogP contribution is 2.57. The van der Waals surface area contributed by atoms with Gasteiger partial charge in [0.25, 0.3) is 0 Å². The summed E-state index contributed by atoms with van der Waals surface area (Å²) in [6.45, 7) is 6.78. The van der Waals surface area contributed by atoms with Gasteiger partial charge in [-0.15, -0.1) is 0 Å². The third kappa shape index (κ3) is 1.18. The van der Waals surface area contributed by atoms with Crippen LogP contribution in [0.25, 0.3) is 0 Å². The van der Waals surface area contributed by atoms with Crippen molar-refractivity contribution < 1.29 is 4.79 Å². The first-order valence-corrected chi connectivity index (χ1v) is 5.68. The highest BCUT2D eigenvalue weighted by atomic mass is 16.1. The van der Waals surface area contributed by atoms with Gasteiger partial charge in [0.15, 0.2) is 0 Å². The fraction of sp³-hybridized carbons (Fsp3) is 0.769. The normalized spacial score (nSPS) is 45.9. The van der Waals surface area contributed by atoms with Gasteiger partial charge in [-0.3, -0.25) is 0 Å². The Bertz CT molecular complexity index is 279. The van der Waals surface area contributed by atoms with Gasteiger partial charge in [0, 0.05) is 5.92 Å². The number of allylic oxidation sites excluding steroid dienone is 2. The molecule has 0 aliphatic heterocycles. The first-order chi connectivity index (χ1) is 6.52. The van der Waals surface area contributed by atoms with Gasteiger partial charge >= 0.3 is 0 Å². The Balaban J connectivity index is 2.36. The number of aldehydes is 1. The van der Waals surface area contributed by atoms with Crippen molar-refractivity contribution in [3.05, 3.63) is 12.2 Å². The summed E-state index contributed by atoms with van der Waals surface area (Å²) in [5, 5.41) is 0. The standard InChI is InChI=1S/C13H20O/c1-10(2)13-6-4-12(3,5-7-13)11(8-13)9-14/h4,6,9-11H,5,7-8H2,1-3H3/t11-,12-,13+/m1/s1. The molecule has 0 spiro atoms. The lowest BCUT2D eigenvalue weighted by atomic mass is 9.51. The monoisotopic (exact) mass is 192 g/mol. The highest BCUT2D eigenvalue weighted by molar-refractivity contribution is 5.57. The number of carbonyl (C=O) groups excluding carboxylic acids is 1. The highest BCUT2D eigenvalue weighted by Gasteiger charge is 2.49. The van der Waals surface area contributed by atoms with Crippen LogP contribution in [0.1, 0.15) is 40.0 Å². The van der Waals surface area contributed by atoms with Crippen molar-refractivity contribution >= 4 is 6.29 Å². The van der Waals surface area contributed by atoms with Crippen LogP contribution in [0.5, 0.6) is 0 Å². The summed E-state index contributed by atoms with van der Waals surface area (Å²) >= 11 is 0. The Morgan fingerprint density at radius 2 is 2.07 bits per heavy atom. The number of hydrogen-bond acceptors (Lipinski definition) is 1. The largest absolute Gasteiger partial charge is 0.303 e. The van der Waals surface area contributed by atoms with Gasteiger partial charge < -0.3 is 4.79 Å². The van der Waals surface area contributed by atoms with Crippen LogP contribution in [-0.2, 0) is 4.79 Å². The Morgan fingerprint density at radius 1 is 1.36 bits per heavy atom. The molecule has 1 saturated carbocycles. The summed E-state index contributed by atoms with van der Waals surface area (Å²) in [7, 11) is 0. The molecule has 0 aromatic heterocycles. The molecular weight excluding hydrogens is 172 g/mol. The van der Waals surface area contributed by atoms with Crippen LogP contribution in [0.15, 0.2) is 12.2 Å². The fourth-order valence-electron chi connectivity index (χ4n) is 3.07. The van der Waals surface area contributed by atoms with Gasteiger partial charge in [-0.1, -0.05) is 32.9 Å². The maximum atomic E-state index is 11.1. The van der Waals surface area contributed by atoms with Gasteiger partial charge in [0.05, 0.1) is 0 Å². The van der Waals surface area contributed by atoms with Crippen LogP contribution in [-0.4, -0.2) is 6.29 Å². The van der Waals surface area contributed by atoms with Crippen molar-refractivity contribution in [1.29, 1.82) is 0 Å². The lowest BCUT2D eigenvalue weighted by Gasteiger charge is -2.52. The molecule has 3 aliphatic rings. The van der Waals surface area contributed by atoms with E-state index in [1.165, 1.54) is 19.1 Å². The molecule has 0 aromatic rings. The van der Waals surface area contributed by atoms with Crippen LogP contribution >= 0.6 is 0 Å². The molecule has 78 valence electrons. The van der Waals surface area contributed by atoms with Crippen molar-refractivity contribution in [1.82, 2.24) is 0 Å². The predicted octanol–water partition coefficient (Wildman–Crippen LogP) is 3.20. The van der Waals surface area contributed by atoms with Crippen molar-refractivity contribution in [2.24, 2.45) is 22.7 Å². The molecule has 0 radical (unpaired) electrons. The first kappa shape index (κ1) is 9.95. The zero-order valence-corrected chi connectivity index (χ0v) is 9.42. The number of fused-ring (bicyclic) bond motifs is 2. The molecule has 1 heteroatoms. The SMILES string of the molecule is CC(C)[C@@]12C=C[C@](C)(CC1)[C@@H](C=O)C2. The molecule has 0 heterocycles. The molecule has 0 N–H and O–H groups in total. The molecule has 2 bridgehead atoms. The van der Waals surface area contributed by atoms with Crippen LogP contribution in [0.2, 0.25) is 0 Å². The molecule has 1 nitrogen and oxygen atoms in total. The Kier molecular flexibility index (Phi) is 2.09. The lowest BCUT2D eigenvalue weighted by Crippen LogP contribution is -2.45. The third-order valence-corrected chi connectivity index (χ3v) is 4.69. The van der Waals surface area contributed by atoms with E-state index in [0.29, 0.717) is 11.3 Å². The number of carbonyl (C=O) groups is 1. The summed E-state index contributed by atoms with van der Waals surface area (Å²) < 4.78 is 0. The maximum absolute atomic E-state index is 11.1. The smallest absolute Gasteiger partial charge is 0.123 e. The van der Waals surface area contributed by atoms with E-state index in [-0.39, 0.29) is 11.3 Å². The second-order valence-corrected chi connectivity index (χ2v) is 5.67. The van der Waals surface area contributed by atoms with Crippen LogP contribution in [0.4, 0.5) is 0 Å². The van der Waals surface area contributed by atoms with E-state index >= 15 is 0 Å². The van der Waals surface area contributed by atoms with E-state index in [1.807, 2.05) is 0 Å². The summed E-state index contributed by atoms with van der Waals surface area (Å²) in [6, 6.07) is 0. The summed E-state index contributed by atoms with van der Waals surface area (Å²) in [6.07, 6.45) is 9.40. The molecule has 3 rings (SSSR count). The average molecular weight is 192 g/mol. The van der Waals surface area contributed by atoms with Crippen molar-refractivity contribution in [3.63, 3.8) is 0 Å². The quantitative estimate of drug-likeness (QED) is 0.485. The summed E-state index contributed by atoms with van der Waals surface area (Å²) in [5.41, 5.74) is 0.488. The van der Waals surface area contributed by atoms with Gasteiger partial charge in [-0.2, -0.15) is 0 Å². The predicted molar refractivity (Wildman–Crippen MR) is 57.9 cm³/mol. The fourth-order valence-corrected chi connectivity index (χ4v) is 3.07. The third-order valence-electron chi connectivity index (χ3n) is 4.69. The molecule has 0 aromatic carbocycles. The first-order valence-electron chi connectivity index (χ1n) is 5.68. The van der Waals surface area contributed by atoms with E-state index in [9.17, 15) is 4.79 Å². The lowest BCUT2D eigenvalue weighted by molar-refractivity contribution is -0.118. The topological polar surface area (TPSA) is 17.1 Å². The van der Waals surface area contributed by atoms with Crippen LogP contribution in [0, 0.1) is 22.7 Å². The summed E-state index contributed by atoms with van der Waals surface area (Å²) in [5.74, 6) is 0.912. The molecule has 1 fully saturated rings. The van der Waals surface area contributed by atoms with E-state index in [1.54, 1.807) is 0 Å². The van der Waals surface area contributed by atoms with Gasteiger partial charge in [0.2, 0.25) is 0 Å². The second kappa shape index (κ2) is 2.95. The Hall–Kier alpha value is -0.590. The number of hydrogen-bond donors (Lipinski definition) is 0. The van der Waals surface area contributed by atoms with Gasteiger partial charge in [0.1, 0.15) is 6.29 Å². The van der Waals surface area contributed by atoms with Crippen LogP contribution < -0.4 is 0 Å².